The maximum absolute atomic E-state index is 12.1. The Morgan fingerprint density at radius 1 is 1.47 bits per heavy atom. The maximum Gasteiger partial charge on any atom is 0.347 e. The van der Waals surface area contributed by atoms with E-state index in [1.807, 2.05) is 0 Å². The van der Waals surface area contributed by atoms with Crippen LogP contribution in [0.3, 0.4) is 0 Å². The number of carboxylic acid groups (broad SMARTS) is 1. The van der Waals surface area contributed by atoms with Crippen LogP contribution in [0.4, 0.5) is 0 Å². The molecule has 1 fully saturated rings. The summed E-state index contributed by atoms with van der Waals surface area (Å²) in [6.45, 7) is 0.0939. The number of amides is 1. The molecular weight excluding hydrogens is 250 g/mol. The molecule has 0 unspecified atom stereocenters. The number of aliphatic carboxylic acids is 1. The Bertz CT molecular complexity index is 536. The number of aromatic nitrogens is 2. The van der Waals surface area contributed by atoms with Gasteiger partial charge in [-0.2, -0.15) is 0 Å². The van der Waals surface area contributed by atoms with Gasteiger partial charge in [-0.3, -0.25) is 14.2 Å². The number of carbonyl (C=O) groups excluding carboxylic acids is 1. The fourth-order valence-corrected chi connectivity index (χ4v) is 1.86. The molecule has 1 aliphatic rings. The van der Waals surface area contributed by atoms with Crippen molar-refractivity contribution in [2.45, 2.75) is 31.8 Å². The van der Waals surface area contributed by atoms with Gasteiger partial charge >= 0.3 is 11.7 Å². The Morgan fingerprint density at radius 3 is 2.79 bits per heavy atom. The molecule has 7 nitrogen and oxygen atoms in total. The van der Waals surface area contributed by atoms with E-state index in [9.17, 15) is 14.4 Å². The molecule has 19 heavy (non-hydrogen) atoms. The van der Waals surface area contributed by atoms with Crippen LogP contribution in [0.25, 0.3) is 0 Å². The number of nitrogens with zero attached hydrogens (tertiary/aromatic N) is 3. The third-order valence-electron chi connectivity index (χ3n) is 2.96. The zero-order valence-corrected chi connectivity index (χ0v) is 10.4. The van der Waals surface area contributed by atoms with Crippen molar-refractivity contribution in [3.8, 4) is 0 Å². The first-order chi connectivity index (χ1) is 9.08. The average Bonchev–Trinajstić information content (AvgIpc) is 3.16. The Kier molecular flexibility index (Phi) is 3.94. The lowest BCUT2D eigenvalue weighted by Gasteiger charge is -2.21. The van der Waals surface area contributed by atoms with Gasteiger partial charge in [-0.05, 0) is 18.9 Å². The molecule has 102 valence electrons. The molecule has 1 heterocycles. The Hall–Kier alpha value is -2.18. The first-order valence-electron chi connectivity index (χ1n) is 6.10. The van der Waals surface area contributed by atoms with Gasteiger partial charge in [0.1, 0.15) is 6.54 Å². The second-order valence-electron chi connectivity index (χ2n) is 4.49. The van der Waals surface area contributed by atoms with Crippen molar-refractivity contribution in [2.24, 2.45) is 0 Å². The lowest BCUT2D eigenvalue weighted by Crippen LogP contribution is -2.39. The molecule has 0 atom stereocenters. The van der Waals surface area contributed by atoms with Crippen LogP contribution >= 0.6 is 0 Å². The van der Waals surface area contributed by atoms with Crippen LogP contribution in [0.1, 0.15) is 19.3 Å². The summed E-state index contributed by atoms with van der Waals surface area (Å²) in [5.74, 6) is -1.17. The first kappa shape index (κ1) is 13.3. The zero-order valence-electron chi connectivity index (χ0n) is 10.4. The van der Waals surface area contributed by atoms with E-state index >= 15 is 0 Å². The molecule has 2 rings (SSSR count). The van der Waals surface area contributed by atoms with Gasteiger partial charge in [0.05, 0.1) is 6.42 Å². The van der Waals surface area contributed by atoms with E-state index in [1.165, 1.54) is 17.0 Å². The quantitative estimate of drug-likeness (QED) is 0.763. The number of carbonyl (C=O) groups is 2. The number of hydrogen-bond acceptors (Lipinski definition) is 4. The van der Waals surface area contributed by atoms with Crippen LogP contribution in [0, 0.1) is 0 Å². The molecule has 1 aromatic heterocycles. The van der Waals surface area contributed by atoms with E-state index in [0.717, 1.165) is 12.8 Å². The summed E-state index contributed by atoms with van der Waals surface area (Å²) in [6.07, 6.45) is 4.58. The van der Waals surface area contributed by atoms with Gasteiger partial charge in [-0.1, -0.05) is 0 Å². The topological polar surface area (TPSA) is 92.5 Å². The molecule has 1 aromatic rings. The van der Waals surface area contributed by atoms with Gasteiger partial charge in [0.2, 0.25) is 5.91 Å². The summed E-state index contributed by atoms with van der Waals surface area (Å²) in [4.78, 5) is 39.2. The monoisotopic (exact) mass is 265 g/mol. The number of carboxylic acids is 1. The standard InChI is InChI=1S/C12H15N3O4/c16-10(8-14-6-1-5-13-12(14)19)15(9-2-3-9)7-4-11(17)18/h1,5-6,9H,2-4,7-8H2,(H,17,18). The molecule has 0 aromatic carbocycles. The second-order valence-corrected chi connectivity index (χ2v) is 4.49. The Morgan fingerprint density at radius 2 is 2.21 bits per heavy atom. The number of rotatable bonds is 6. The molecule has 7 heteroatoms. The van der Waals surface area contributed by atoms with E-state index in [1.54, 1.807) is 11.0 Å². The summed E-state index contributed by atoms with van der Waals surface area (Å²) < 4.78 is 1.22. The third-order valence-corrected chi connectivity index (χ3v) is 2.96. The highest BCUT2D eigenvalue weighted by molar-refractivity contribution is 5.77. The van der Waals surface area contributed by atoms with E-state index in [-0.39, 0.29) is 31.5 Å². The molecule has 1 saturated carbocycles. The summed E-state index contributed by atoms with van der Waals surface area (Å²) >= 11 is 0. The van der Waals surface area contributed by atoms with Gasteiger partial charge in [0, 0.05) is 25.0 Å². The van der Waals surface area contributed by atoms with E-state index in [0.29, 0.717) is 0 Å². The summed E-state index contributed by atoms with van der Waals surface area (Å²) in [6, 6.07) is 1.70. The van der Waals surface area contributed by atoms with Crippen LogP contribution in [-0.4, -0.2) is 44.0 Å². The molecule has 1 aliphatic carbocycles. The van der Waals surface area contributed by atoms with Gasteiger partial charge in [-0.25, -0.2) is 9.78 Å². The highest BCUT2D eigenvalue weighted by atomic mass is 16.4. The van der Waals surface area contributed by atoms with E-state index < -0.39 is 11.7 Å². The highest BCUT2D eigenvalue weighted by Crippen LogP contribution is 2.27. The van der Waals surface area contributed by atoms with Crippen LogP contribution < -0.4 is 5.69 Å². The Balaban J connectivity index is 2.01. The van der Waals surface area contributed by atoms with Crippen molar-refractivity contribution in [2.75, 3.05) is 6.54 Å². The van der Waals surface area contributed by atoms with Crippen molar-refractivity contribution in [1.29, 1.82) is 0 Å². The third kappa shape index (κ3) is 3.64. The van der Waals surface area contributed by atoms with E-state index in [4.69, 9.17) is 5.11 Å². The lowest BCUT2D eigenvalue weighted by atomic mass is 10.3. The van der Waals surface area contributed by atoms with Crippen molar-refractivity contribution in [3.63, 3.8) is 0 Å². The highest BCUT2D eigenvalue weighted by Gasteiger charge is 2.32. The molecule has 1 amide bonds. The fourth-order valence-electron chi connectivity index (χ4n) is 1.86. The van der Waals surface area contributed by atoms with Gasteiger partial charge in [0.15, 0.2) is 0 Å². The summed E-state index contributed by atoms with van der Waals surface area (Å²) in [5.41, 5.74) is -0.482. The van der Waals surface area contributed by atoms with Crippen LogP contribution in [0.2, 0.25) is 0 Å². The molecule has 0 spiro atoms. The second kappa shape index (κ2) is 5.64. The summed E-state index contributed by atoms with van der Waals surface area (Å²) in [5, 5.41) is 8.68. The Labute approximate surface area is 109 Å². The largest absolute Gasteiger partial charge is 0.481 e. The smallest absolute Gasteiger partial charge is 0.347 e. The van der Waals surface area contributed by atoms with Crippen molar-refractivity contribution in [3.05, 3.63) is 28.9 Å². The molecule has 1 N–H and O–H groups in total. The number of hydrogen-bond donors (Lipinski definition) is 1. The van der Waals surface area contributed by atoms with Crippen LogP contribution in [0.15, 0.2) is 23.3 Å². The molecule has 0 aliphatic heterocycles. The maximum atomic E-state index is 12.1. The van der Waals surface area contributed by atoms with Crippen LogP contribution in [0.5, 0.6) is 0 Å². The van der Waals surface area contributed by atoms with E-state index in [2.05, 4.69) is 4.98 Å². The predicted molar refractivity (Wildman–Crippen MR) is 65.5 cm³/mol. The minimum atomic E-state index is -0.933. The minimum absolute atomic E-state index is 0.0792. The van der Waals surface area contributed by atoms with Crippen molar-refractivity contribution < 1.29 is 14.7 Å². The average molecular weight is 265 g/mol. The minimum Gasteiger partial charge on any atom is -0.481 e. The molecule has 0 saturated heterocycles. The van der Waals surface area contributed by atoms with Gasteiger partial charge in [-0.15, -0.1) is 0 Å². The zero-order chi connectivity index (χ0) is 13.8. The molecular formula is C12H15N3O4. The summed E-state index contributed by atoms with van der Waals surface area (Å²) in [7, 11) is 0. The van der Waals surface area contributed by atoms with Crippen molar-refractivity contribution in [1.82, 2.24) is 14.5 Å². The first-order valence-corrected chi connectivity index (χ1v) is 6.10. The normalized spacial score (nSPS) is 14.1. The van der Waals surface area contributed by atoms with Gasteiger partial charge in [0.25, 0.3) is 0 Å². The van der Waals surface area contributed by atoms with Gasteiger partial charge < -0.3 is 10.0 Å². The lowest BCUT2D eigenvalue weighted by molar-refractivity contribution is -0.138. The fraction of sp³-hybridized carbons (Fsp3) is 0.500. The predicted octanol–water partition coefficient (Wildman–Crippen LogP) is -0.291. The van der Waals surface area contributed by atoms with Crippen molar-refractivity contribution >= 4 is 11.9 Å². The van der Waals surface area contributed by atoms with Crippen LogP contribution in [-0.2, 0) is 16.1 Å². The molecule has 0 radical (unpaired) electrons. The molecule has 0 bridgehead atoms. The SMILES string of the molecule is O=C(O)CCN(C(=O)Cn1cccnc1=O)C1CC1.